The quantitative estimate of drug-likeness (QED) is 0.859. The fourth-order valence-electron chi connectivity index (χ4n) is 2.70. The molecule has 2 unspecified atom stereocenters. The molecule has 0 saturated carbocycles. The Kier molecular flexibility index (Phi) is 5.38. The van der Waals surface area contributed by atoms with Crippen LogP contribution in [0.15, 0.2) is 17.0 Å². The molecular formula is C15H24N2O5S. The van der Waals surface area contributed by atoms with Gasteiger partial charge in [-0.2, -0.15) is 4.31 Å². The van der Waals surface area contributed by atoms with E-state index in [0.717, 1.165) is 0 Å². The van der Waals surface area contributed by atoms with Crippen molar-refractivity contribution >= 4 is 10.0 Å². The predicted molar refractivity (Wildman–Crippen MR) is 86.6 cm³/mol. The predicted octanol–water partition coefficient (Wildman–Crippen LogP) is 1.07. The summed E-state index contributed by atoms with van der Waals surface area (Å²) in [5, 5.41) is 0. The van der Waals surface area contributed by atoms with Crippen molar-refractivity contribution in [2.75, 3.05) is 34.4 Å². The smallest absolute Gasteiger partial charge is 0.250 e. The molecule has 1 fully saturated rings. The van der Waals surface area contributed by atoms with Gasteiger partial charge in [0.05, 0.1) is 21.3 Å². The number of rotatable bonds is 5. The minimum Gasteiger partial charge on any atom is -0.496 e. The molecule has 0 radical (unpaired) electrons. The molecule has 2 atom stereocenters. The summed E-state index contributed by atoms with van der Waals surface area (Å²) in [5.74, 6) is 0.952. The highest BCUT2D eigenvalue weighted by Gasteiger charge is 2.36. The van der Waals surface area contributed by atoms with Crippen molar-refractivity contribution in [1.29, 1.82) is 0 Å². The molecule has 1 aliphatic heterocycles. The molecule has 7 nitrogen and oxygen atoms in total. The van der Waals surface area contributed by atoms with Crippen LogP contribution in [0.2, 0.25) is 0 Å². The van der Waals surface area contributed by atoms with E-state index in [1.165, 1.54) is 37.8 Å². The van der Waals surface area contributed by atoms with Crippen LogP contribution in [0.1, 0.15) is 13.3 Å². The van der Waals surface area contributed by atoms with Gasteiger partial charge in [-0.25, -0.2) is 8.42 Å². The van der Waals surface area contributed by atoms with Gasteiger partial charge in [-0.15, -0.1) is 0 Å². The zero-order chi connectivity index (χ0) is 17.2. The van der Waals surface area contributed by atoms with Crippen molar-refractivity contribution in [1.82, 2.24) is 4.31 Å². The highest BCUT2D eigenvalue weighted by atomic mass is 32.2. The minimum absolute atomic E-state index is 0.0149. The Morgan fingerprint density at radius 2 is 1.70 bits per heavy atom. The topological polar surface area (TPSA) is 91.1 Å². The van der Waals surface area contributed by atoms with Crippen molar-refractivity contribution in [3.63, 3.8) is 0 Å². The second kappa shape index (κ2) is 6.94. The molecule has 1 aromatic carbocycles. The van der Waals surface area contributed by atoms with Gasteiger partial charge in [0.15, 0.2) is 4.90 Å². The minimum atomic E-state index is -3.76. The summed E-state index contributed by atoms with van der Waals surface area (Å²) in [4.78, 5) is 0.0194. The molecule has 1 aromatic rings. The molecule has 0 amide bonds. The summed E-state index contributed by atoms with van der Waals surface area (Å²) in [7, 11) is 0.577. The molecule has 1 aliphatic rings. The van der Waals surface area contributed by atoms with E-state index in [2.05, 4.69) is 0 Å². The maximum absolute atomic E-state index is 13.1. The number of hydrogen-bond acceptors (Lipinski definition) is 6. The lowest BCUT2D eigenvalue weighted by Crippen LogP contribution is -2.48. The number of benzene rings is 1. The van der Waals surface area contributed by atoms with E-state index < -0.39 is 10.0 Å². The number of piperidine rings is 1. The molecule has 8 heteroatoms. The van der Waals surface area contributed by atoms with E-state index in [4.69, 9.17) is 19.9 Å². The fraction of sp³-hybridized carbons (Fsp3) is 0.600. The van der Waals surface area contributed by atoms with Crippen molar-refractivity contribution in [3.05, 3.63) is 12.1 Å². The third kappa shape index (κ3) is 3.39. The second-order valence-electron chi connectivity index (χ2n) is 5.65. The third-order valence-electron chi connectivity index (χ3n) is 4.20. The Balaban J connectivity index is 2.51. The molecule has 2 N–H and O–H groups in total. The van der Waals surface area contributed by atoms with E-state index in [-0.39, 0.29) is 28.4 Å². The summed E-state index contributed by atoms with van der Waals surface area (Å²) >= 11 is 0. The van der Waals surface area contributed by atoms with Crippen LogP contribution in [0.25, 0.3) is 0 Å². The number of methoxy groups -OCH3 is 3. The molecule has 1 saturated heterocycles. The molecule has 0 aliphatic carbocycles. The van der Waals surface area contributed by atoms with Gasteiger partial charge < -0.3 is 19.9 Å². The van der Waals surface area contributed by atoms with E-state index in [1.54, 1.807) is 0 Å². The number of nitrogens with two attached hydrogens (primary N) is 1. The Morgan fingerprint density at radius 3 is 2.13 bits per heavy atom. The van der Waals surface area contributed by atoms with Gasteiger partial charge in [-0.05, 0) is 12.3 Å². The lowest BCUT2D eigenvalue weighted by Gasteiger charge is -2.34. The lowest BCUT2D eigenvalue weighted by molar-refractivity contribution is 0.248. The second-order valence-corrected chi connectivity index (χ2v) is 7.53. The Bertz CT molecular complexity index is 637. The number of sulfonamides is 1. The maximum Gasteiger partial charge on any atom is 0.250 e. The van der Waals surface area contributed by atoms with Crippen molar-refractivity contribution < 1.29 is 22.6 Å². The lowest BCUT2D eigenvalue weighted by atomic mass is 9.96. The number of ether oxygens (including phenoxy) is 3. The van der Waals surface area contributed by atoms with Crippen LogP contribution in [0.3, 0.4) is 0 Å². The maximum atomic E-state index is 13.1. The van der Waals surface area contributed by atoms with Crippen LogP contribution in [0.5, 0.6) is 17.2 Å². The van der Waals surface area contributed by atoms with Gasteiger partial charge >= 0.3 is 0 Å². The van der Waals surface area contributed by atoms with Crippen LogP contribution in [0.4, 0.5) is 0 Å². The molecule has 0 bridgehead atoms. The van der Waals surface area contributed by atoms with Crippen LogP contribution in [0, 0.1) is 5.92 Å². The molecule has 1 heterocycles. The Labute approximate surface area is 137 Å². The molecule has 23 heavy (non-hydrogen) atoms. The first-order valence-electron chi connectivity index (χ1n) is 7.40. The average molecular weight is 344 g/mol. The number of nitrogens with zero attached hydrogens (tertiary/aromatic N) is 1. The third-order valence-corrected chi connectivity index (χ3v) is 6.13. The Morgan fingerprint density at radius 1 is 1.13 bits per heavy atom. The first kappa shape index (κ1) is 17.8. The average Bonchev–Trinajstić information content (AvgIpc) is 2.55. The zero-order valence-electron chi connectivity index (χ0n) is 13.9. The van der Waals surface area contributed by atoms with E-state index in [9.17, 15) is 8.42 Å². The van der Waals surface area contributed by atoms with Gasteiger partial charge in [0, 0.05) is 31.3 Å². The highest BCUT2D eigenvalue weighted by molar-refractivity contribution is 7.89. The highest BCUT2D eigenvalue weighted by Crippen LogP contribution is 2.39. The standard InChI is InChI=1S/C15H24N2O5S/c1-10-9-17(6-5-12(10)16)23(18,19)15-13(21-3)7-11(20-2)8-14(15)22-4/h7-8,10,12H,5-6,9,16H2,1-4H3. The molecule has 2 rings (SSSR count). The van der Waals surface area contributed by atoms with Crippen LogP contribution < -0.4 is 19.9 Å². The van der Waals surface area contributed by atoms with Crippen LogP contribution in [-0.2, 0) is 10.0 Å². The van der Waals surface area contributed by atoms with Crippen LogP contribution >= 0.6 is 0 Å². The summed E-state index contributed by atoms with van der Waals surface area (Å²) < 4.78 is 43.3. The van der Waals surface area contributed by atoms with Gasteiger partial charge in [-0.1, -0.05) is 6.92 Å². The Hall–Kier alpha value is -1.51. The normalized spacial score (nSPS) is 22.7. The summed E-state index contributed by atoms with van der Waals surface area (Å²) in [5.41, 5.74) is 5.99. The molecule has 0 spiro atoms. The van der Waals surface area contributed by atoms with Crippen molar-refractivity contribution in [3.8, 4) is 17.2 Å². The summed E-state index contributed by atoms with van der Waals surface area (Å²) in [6, 6.07) is 3.09. The first-order valence-corrected chi connectivity index (χ1v) is 8.84. The van der Waals surface area contributed by atoms with Gasteiger partial charge in [0.25, 0.3) is 0 Å². The molecule has 0 aromatic heterocycles. The van der Waals surface area contributed by atoms with Crippen molar-refractivity contribution in [2.45, 2.75) is 24.3 Å². The monoisotopic (exact) mass is 344 g/mol. The SMILES string of the molecule is COc1cc(OC)c(S(=O)(=O)N2CCC(N)C(C)C2)c(OC)c1. The molecule has 130 valence electrons. The fourth-order valence-corrected chi connectivity index (χ4v) is 4.53. The van der Waals surface area contributed by atoms with Crippen molar-refractivity contribution in [2.24, 2.45) is 11.7 Å². The van der Waals surface area contributed by atoms with E-state index in [0.29, 0.717) is 25.3 Å². The summed E-state index contributed by atoms with van der Waals surface area (Å²) in [6.45, 7) is 2.71. The largest absolute Gasteiger partial charge is 0.496 e. The number of hydrogen-bond donors (Lipinski definition) is 1. The molecular weight excluding hydrogens is 320 g/mol. The van der Waals surface area contributed by atoms with E-state index >= 15 is 0 Å². The van der Waals surface area contributed by atoms with Gasteiger partial charge in [0.1, 0.15) is 17.2 Å². The zero-order valence-corrected chi connectivity index (χ0v) is 14.7. The van der Waals surface area contributed by atoms with Gasteiger partial charge in [-0.3, -0.25) is 0 Å². The van der Waals surface area contributed by atoms with E-state index in [1.807, 2.05) is 6.92 Å². The first-order chi connectivity index (χ1) is 10.8. The van der Waals surface area contributed by atoms with Gasteiger partial charge in [0.2, 0.25) is 10.0 Å². The summed E-state index contributed by atoms with van der Waals surface area (Å²) in [6.07, 6.45) is 0.626. The van der Waals surface area contributed by atoms with Crippen LogP contribution in [-0.4, -0.2) is 53.2 Å².